The summed E-state index contributed by atoms with van der Waals surface area (Å²) in [5.41, 5.74) is -5.24. The van der Waals surface area contributed by atoms with Crippen LogP contribution in [-0.4, -0.2) is 64.5 Å². The minimum Gasteiger partial charge on any atom is -0.550 e. The maximum atomic E-state index is 17.4. The van der Waals surface area contributed by atoms with Crippen molar-refractivity contribution in [2.24, 2.45) is 22.7 Å². The number of allylic oxidation sites excluding steroid dienone is 4. The van der Waals surface area contributed by atoms with E-state index in [9.17, 15) is 29.4 Å². The fourth-order valence-corrected chi connectivity index (χ4v) is 8.34. The number of rotatable bonds is 6. The topological polar surface area (TPSA) is 139 Å². The fourth-order valence-electron chi connectivity index (χ4n) is 8.34. The van der Waals surface area contributed by atoms with Gasteiger partial charge in [0, 0.05) is 22.7 Å². The van der Waals surface area contributed by atoms with Crippen molar-refractivity contribution in [1.29, 1.82) is 0 Å². The number of Topliss-reactive ketones (excluding diaryl/α,β-unsaturated/α-hetero) is 1. The Morgan fingerprint density at radius 1 is 1.18 bits per heavy atom. The number of ketones is 2. The Kier molecular flexibility index (Phi) is 7.70. The molecule has 3 unspecified atom stereocenters. The summed E-state index contributed by atoms with van der Waals surface area (Å²) in [6.45, 7) is 6.21. The van der Waals surface area contributed by atoms with Crippen LogP contribution in [-0.2, 0) is 33.4 Å². The first-order valence-electron chi connectivity index (χ1n) is 13.2. The van der Waals surface area contributed by atoms with Crippen LogP contribution in [0.4, 0.5) is 4.39 Å². The van der Waals surface area contributed by atoms with Crippen LogP contribution in [0.2, 0.25) is 0 Å². The molecule has 0 bridgehead atoms. The number of carboxylic acids is 1. The third-order valence-electron chi connectivity index (χ3n) is 9.95. The molecule has 4 aliphatic carbocycles. The third-order valence-corrected chi connectivity index (χ3v) is 9.95. The van der Waals surface area contributed by atoms with Crippen LogP contribution >= 0.6 is 0 Å². The molecule has 39 heavy (non-hydrogen) atoms. The second kappa shape index (κ2) is 9.84. The number of alkyl halides is 1. The standard InChI is InChI=1S/C28H35FO9.Na/c1-24(2)37-21-12-18-17-6-5-15-11-16(30)9-10-25(15,3)27(17,29)19(31)13-26(18,4)28(21,38-24)20(32)14-36-23(35)8-7-22(33)34;/h9-11,17-19,21,31H,5-8,12-14H2,1-4H3,(H,33,34);/q;+1/p-1/t17?,18?,19-,21+,25-,26-,27?,28+;/m0./s1. The van der Waals surface area contributed by atoms with Gasteiger partial charge >= 0.3 is 35.5 Å². The molecule has 1 aliphatic heterocycles. The molecule has 3 saturated carbocycles. The van der Waals surface area contributed by atoms with Crippen molar-refractivity contribution in [3.63, 3.8) is 0 Å². The molecule has 9 nitrogen and oxygen atoms in total. The summed E-state index contributed by atoms with van der Waals surface area (Å²) in [4.78, 5) is 48.6. The maximum absolute atomic E-state index is 17.4. The first-order valence-corrected chi connectivity index (χ1v) is 13.2. The fraction of sp³-hybridized carbons (Fsp3) is 0.714. The molecule has 1 saturated heterocycles. The molecule has 208 valence electrons. The first-order chi connectivity index (χ1) is 17.6. The average molecular weight is 557 g/mol. The molecule has 5 rings (SSSR count). The quantitative estimate of drug-likeness (QED) is 0.306. The summed E-state index contributed by atoms with van der Waals surface area (Å²) in [6.07, 6.45) is 2.27. The van der Waals surface area contributed by atoms with Crippen molar-refractivity contribution in [2.75, 3.05) is 6.61 Å². The molecule has 0 spiro atoms. The van der Waals surface area contributed by atoms with E-state index in [4.69, 9.17) is 14.2 Å². The number of carboxylic acid groups (broad SMARTS) is 1. The Balaban J connectivity index is 0.00000353. The molecule has 0 radical (unpaired) electrons. The summed E-state index contributed by atoms with van der Waals surface area (Å²) in [5, 5.41) is 22.2. The van der Waals surface area contributed by atoms with Crippen molar-refractivity contribution in [1.82, 2.24) is 0 Å². The number of fused-ring (bicyclic) bond motifs is 7. The van der Waals surface area contributed by atoms with Gasteiger partial charge in [-0.05, 0) is 70.9 Å². The number of aliphatic hydroxyl groups excluding tert-OH is 1. The van der Waals surface area contributed by atoms with Crippen LogP contribution < -0.4 is 34.7 Å². The minimum atomic E-state index is -2.08. The molecule has 11 heteroatoms. The number of carbonyl (C=O) groups excluding carboxylic acids is 4. The van der Waals surface area contributed by atoms with Gasteiger partial charge in [-0.3, -0.25) is 14.4 Å². The number of carbonyl (C=O) groups is 4. The van der Waals surface area contributed by atoms with E-state index in [-0.39, 0.29) is 41.8 Å². The van der Waals surface area contributed by atoms with Crippen molar-refractivity contribution < 1.29 is 77.5 Å². The van der Waals surface area contributed by atoms with Gasteiger partial charge in [0.15, 0.2) is 29.4 Å². The zero-order chi connectivity index (χ0) is 27.9. The Labute approximate surface area is 248 Å². The predicted molar refractivity (Wildman–Crippen MR) is 127 cm³/mol. The summed E-state index contributed by atoms with van der Waals surface area (Å²) in [7, 11) is 0. The van der Waals surface area contributed by atoms with Gasteiger partial charge in [-0.15, -0.1) is 0 Å². The van der Waals surface area contributed by atoms with E-state index in [0.29, 0.717) is 24.8 Å². The van der Waals surface area contributed by atoms with E-state index in [1.54, 1.807) is 26.8 Å². The molecule has 1 N–H and O–H groups in total. The molecule has 4 fully saturated rings. The molecular weight excluding hydrogens is 522 g/mol. The Bertz CT molecular complexity index is 1170. The maximum Gasteiger partial charge on any atom is 1.00 e. The zero-order valence-corrected chi connectivity index (χ0v) is 25.1. The largest absolute Gasteiger partial charge is 1.00 e. The summed E-state index contributed by atoms with van der Waals surface area (Å²) in [6, 6.07) is 0. The van der Waals surface area contributed by atoms with Crippen molar-refractivity contribution in [3.8, 4) is 0 Å². The summed E-state index contributed by atoms with van der Waals surface area (Å²) in [5.74, 6) is -5.24. The number of aliphatic carboxylic acids is 1. The van der Waals surface area contributed by atoms with Gasteiger partial charge in [0.25, 0.3) is 0 Å². The number of esters is 1. The van der Waals surface area contributed by atoms with Crippen LogP contribution in [0.15, 0.2) is 23.8 Å². The van der Waals surface area contributed by atoms with Crippen LogP contribution in [0.25, 0.3) is 0 Å². The molecule has 8 atom stereocenters. The Hall–Kier alpha value is -1.43. The van der Waals surface area contributed by atoms with Gasteiger partial charge in [-0.1, -0.05) is 18.6 Å². The van der Waals surface area contributed by atoms with Crippen molar-refractivity contribution in [2.45, 2.75) is 95.5 Å². The van der Waals surface area contributed by atoms with Crippen molar-refractivity contribution in [3.05, 3.63) is 23.8 Å². The monoisotopic (exact) mass is 556 g/mol. The van der Waals surface area contributed by atoms with Gasteiger partial charge in [0.2, 0.25) is 5.78 Å². The van der Waals surface area contributed by atoms with E-state index in [1.165, 1.54) is 12.2 Å². The van der Waals surface area contributed by atoms with Crippen LogP contribution in [0.5, 0.6) is 0 Å². The number of ether oxygens (including phenoxy) is 3. The second-order valence-electron chi connectivity index (χ2n) is 12.3. The molecule has 0 amide bonds. The predicted octanol–water partition coefficient (Wildman–Crippen LogP) is -1.50. The van der Waals surface area contributed by atoms with E-state index in [2.05, 4.69) is 0 Å². The molecule has 0 aromatic heterocycles. The molecule has 5 aliphatic rings. The molecule has 0 aromatic carbocycles. The molecule has 1 heterocycles. The number of hydrogen-bond acceptors (Lipinski definition) is 9. The van der Waals surface area contributed by atoms with Gasteiger partial charge in [-0.25, -0.2) is 4.39 Å². The number of aliphatic hydroxyl groups is 1. The normalized spacial score (nSPS) is 43.2. The summed E-state index contributed by atoms with van der Waals surface area (Å²) >= 11 is 0. The number of halogens is 1. The minimum absolute atomic E-state index is 0. The number of hydrogen-bond donors (Lipinski definition) is 1. The molecule has 0 aromatic rings. The average Bonchev–Trinajstić information content (AvgIpc) is 3.23. The molecular formula is C28H34FNaO9. The van der Waals surface area contributed by atoms with Gasteiger partial charge in [-0.2, -0.15) is 0 Å². The van der Waals surface area contributed by atoms with Gasteiger partial charge in [0.1, 0.15) is 0 Å². The smallest absolute Gasteiger partial charge is 0.550 e. The SMILES string of the molecule is CC1(C)O[C@@H]2CC3C4CCC5=CC(=O)C=C[C@]5(C)C4(F)[C@@H](O)C[C@]3(C)[C@]2(C(=O)COC(=O)CCC(=O)[O-])O1.[Na+]. The van der Waals surface area contributed by atoms with Crippen LogP contribution in [0.1, 0.15) is 66.2 Å². The van der Waals surface area contributed by atoms with Gasteiger partial charge in [0.05, 0.1) is 18.6 Å². The van der Waals surface area contributed by atoms with Crippen LogP contribution in [0.3, 0.4) is 0 Å². The van der Waals surface area contributed by atoms with Crippen LogP contribution in [0, 0.1) is 22.7 Å². The van der Waals surface area contributed by atoms with Gasteiger partial charge < -0.3 is 29.2 Å². The summed E-state index contributed by atoms with van der Waals surface area (Å²) < 4.78 is 35.0. The Morgan fingerprint density at radius 3 is 2.54 bits per heavy atom. The van der Waals surface area contributed by atoms with E-state index in [0.717, 1.165) is 0 Å². The first kappa shape index (κ1) is 30.5. The van der Waals surface area contributed by atoms with Crippen molar-refractivity contribution >= 4 is 23.5 Å². The second-order valence-corrected chi connectivity index (χ2v) is 12.3. The zero-order valence-electron chi connectivity index (χ0n) is 23.1. The van der Waals surface area contributed by atoms with E-state index in [1.807, 2.05) is 6.92 Å². The Morgan fingerprint density at radius 2 is 1.87 bits per heavy atom. The third kappa shape index (κ3) is 4.24. The van der Waals surface area contributed by atoms with E-state index < -0.39 is 89.1 Å². The van der Waals surface area contributed by atoms with E-state index >= 15 is 4.39 Å².